The van der Waals surface area contributed by atoms with Crippen molar-refractivity contribution in [1.29, 1.82) is 0 Å². The predicted octanol–water partition coefficient (Wildman–Crippen LogP) is 0.831. The average Bonchev–Trinajstić information content (AvgIpc) is 2.71. The Morgan fingerprint density at radius 1 is 1.56 bits per heavy atom. The maximum Gasteiger partial charge on any atom is 0.326 e. The molecule has 1 amide bonds. The van der Waals surface area contributed by atoms with Crippen LogP contribution in [0.2, 0.25) is 0 Å². The average molecular weight is 271 g/mol. The van der Waals surface area contributed by atoms with Crippen LogP contribution in [0.5, 0.6) is 0 Å². The number of aliphatic carboxylic acids is 1. The summed E-state index contributed by atoms with van der Waals surface area (Å²) in [5, 5.41) is 13.8. The Morgan fingerprint density at radius 2 is 2.17 bits per heavy atom. The second-order valence-corrected chi connectivity index (χ2v) is 5.88. The van der Waals surface area contributed by atoms with Gasteiger partial charge in [0.25, 0.3) is 5.91 Å². The molecule has 100 valence electrons. The van der Waals surface area contributed by atoms with Crippen molar-refractivity contribution in [2.75, 3.05) is 0 Å². The highest BCUT2D eigenvalue weighted by atomic mass is 32.1. The summed E-state index contributed by atoms with van der Waals surface area (Å²) >= 11 is 1.28. The first-order chi connectivity index (χ1) is 8.25. The summed E-state index contributed by atoms with van der Waals surface area (Å²) < 4.78 is 0. The van der Waals surface area contributed by atoms with Gasteiger partial charge in [0.2, 0.25) is 0 Å². The van der Waals surface area contributed by atoms with E-state index < -0.39 is 23.3 Å². The number of amides is 1. The highest BCUT2D eigenvalue weighted by molar-refractivity contribution is 7.09. The molecule has 0 aliphatic rings. The minimum Gasteiger partial charge on any atom is -0.480 e. The van der Waals surface area contributed by atoms with Crippen molar-refractivity contribution in [3.8, 4) is 0 Å². The molecule has 6 nitrogen and oxygen atoms in total. The lowest BCUT2D eigenvalue weighted by molar-refractivity contribution is -0.142. The van der Waals surface area contributed by atoms with E-state index in [-0.39, 0.29) is 12.2 Å². The molecule has 0 aliphatic heterocycles. The third-order valence-electron chi connectivity index (χ3n) is 2.35. The van der Waals surface area contributed by atoms with E-state index in [2.05, 4.69) is 10.3 Å². The monoisotopic (exact) mass is 271 g/mol. The molecule has 0 aromatic carbocycles. The third-order valence-corrected chi connectivity index (χ3v) is 3.22. The number of hydrogen-bond donors (Lipinski definition) is 3. The van der Waals surface area contributed by atoms with Gasteiger partial charge in [-0.25, -0.2) is 9.78 Å². The van der Waals surface area contributed by atoms with Crippen LogP contribution in [0.4, 0.5) is 0 Å². The molecule has 4 N–H and O–H groups in total. The molecule has 0 radical (unpaired) electrons. The van der Waals surface area contributed by atoms with Crippen molar-refractivity contribution in [2.45, 2.75) is 33.4 Å². The summed E-state index contributed by atoms with van der Waals surface area (Å²) in [5.41, 5.74) is 5.03. The van der Waals surface area contributed by atoms with Gasteiger partial charge in [-0.2, -0.15) is 0 Å². The van der Waals surface area contributed by atoms with E-state index in [1.807, 2.05) is 0 Å². The van der Waals surface area contributed by atoms with E-state index in [1.54, 1.807) is 26.2 Å². The molecule has 0 fully saturated rings. The van der Waals surface area contributed by atoms with Crippen LogP contribution in [0.1, 0.15) is 36.3 Å². The molecule has 18 heavy (non-hydrogen) atoms. The first kappa shape index (κ1) is 14.6. The number of nitrogens with zero attached hydrogens (tertiary/aromatic N) is 1. The molecular weight excluding hydrogens is 254 g/mol. The zero-order valence-corrected chi connectivity index (χ0v) is 11.4. The van der Waals surface area contributed by atoms with Crippen molar-refractivity contribution in [1.82, 2.24) is 10.3 Å². The van der Waals surface area contributed by atoms with Gasteiger partial charge >= 0.3 is 5.97 Å². The first-order valence-electron chi connectivity index (χ1n) is 5.44. The zero-order chi connectivity index (χ0) is 13.9. The maximum atomic E-state index is 11.9. The predicted molar refractivity (Wildman–Crippen MR) is 68.4 cm³/mol. The van der Waals surface area contributed by atoms with Crippen LogP contribution < -0.4 is 11.1 Å². The fourth-order valence-corrected chi connectivity index (χ4v) is 2.02. The normalized spacial score (nSPS) is 13.1. The molecule has 0 saturated heterocycles. The Labute approximate surface area is 109 Å². The summed E-state index contributed by atoms with van der Waals surface area (Å²) in [6.45, 7) is 5.51. The number of carbonyl (C=O) groups is 2. The Hall–Kier alpha value is -1.47. The number of hydrogen-bond acceptors (Lipinski definition) is 5. The number of rotatable bonds is 4. The minimum absolute atomic E-state index is 0.205. The summed E-state index contributed by atoms with van der Waals surface area (Å²) in [5.74, 6) is -1.56. The standard InChI is InChI=1S/C11H17N3O3S/c1-11(2,3)8(10(16)17)14-9(15)6-5-18-7(4-12)13-6/h5,8H,4,12H2,1-3H3,(H,14,15)(H,16,17)/t8-/m0/s1. The van der Waals surface area contributed by atoms with Crippen molar-refractivity contribution >= 4 is 23.2 Å². The lowest BCUT2D eigenvalue weighted by Gasteiger charge is -2.27. The lowest BCUT2D eigenvalue weighted by Crippen LogP contribution is -2.49. The van der Waals surface area contributed by atoms with Crippen LogP contribution in [0.3, 0.4) is 0 Å². The Morgan fingerprint density at radius 3 is 2.56 bits per heavy atom. The van der Waals surface area contributed by atoms with Crippen LogP contribution in [-0.4, -0.2) is 28.0 Å². The van der Waals surface area contributed by atoms with Crippen LogP contribution in [0, 0.1) is 5.41 Å². The summed E-state index contributed by atoms with van der Waals surface area (Å²) in [4.78, 5) is 27.0. The van der Waals surface area contributed by atoms with E-state index in [1.165, 1.54) is 11.3 Å². The fourth-order valence-electron chi connectivity index (χ4n) is 1.36. The highest BCUT2D eigenvalue weighted by Gasteiger charge is 2.33. The largest absolute Gasteiger partial charge is 0.480 e. The SMILES string of the molecule is CC(C)(C)[C@@H](NC(=O)c1csc(CN)n1)C(=O)O. The molecule has 0 saturated carbocycles. The summed E-state index contributed by atoms with van der Waals surface area (Å²) in [6.07, 6.45) is 0. The van der Waals surface area contributed by atoms with Gasteiger partial charge in [0.15, 0.2) is 0 Å². The lowest BCUT2D eigenvalue weighted by atomic mass is 9.87. The quantitative estimate of drug-likeness (QED) is 0.752. The van der Waals surface area contributed by atoms with Crippen molar-refractivity contribution < 1.29 is 14.7 Å². The second-order valence-electron chi connectivity index (χ2n) is 4.94. The van der Waals surface area contributed by atoms with E-state index >= 15 is 0 Å². The number of carboxylic acid groups (broad SMARTS) is 1. The van der Waals surface area contributed by atoms with E-state index in [9.17, 15) is 9.59 Å². The molecule has 1 heterocycles. The minimum atomic E-state index is -1.06. The van der Waals surface area contributed by atoms with Gasteiger partial charge in [0.1, 0.15) is 16.7 Å². The van der Waals surface area contributed by atoms with Crippen LogP contribution in [0.15, 0.2) is 5.38 Å². The van der Waals surface area contributed by atoms with Gasteiger partial charge in [-0.05, 0) is 5.41 Å². The Balaban J connectivity index is 2.82. The fraction of sp³-hybridized carbons (Fsp3) is 0.545. The number of carbonyl (C=O) groups excluding carboxylic acids is 1. The maximum absolute atomic E-state index is 11.9. The van der Waals surface area contributed by atoms with Gasteiger partial charge in [-0.1, -0.05) is 20.8 Å². The van der Waals surface area contributed by atoms with Gasteiger partial charge in [0.05, 0.1) is 0 Å². The summed E-state index contributed by atoms with van der Waals surface area (Å²) in [6, 6.07) is -0.965. The molecule has 0 unspecified atom stereocenters. The molecule has 0 spiro atoms. The van der Waals surface area contributed by atoms with Gasteiger partial charge in [-0.3, -0.25) is 4.79 Å². The molecule has 0 aliphatic carbocycles. The first-order valence-corrected chi connectivity index (χ1v) is 6.32. The number of nitrogens with two attached hydrogens (primary N) is 1. The van der Waals surface area contributed by atoms with Crippen molar-refractivity contribution in [2.24, 2.45) is 11.1 Å². The molecule has 1 atom stereocenters. The summed E-state index contributed by atoms with van der Waals surface area (Å²) in [7, 11) is 0. The molecule has 1 aromatic rings. The van der Waals surface area contributed by atoms with Gasteiger partial charge in [0, 0.05) is 11.9 Å². The van der Waals surface area contributed by atoms with Gasteiger partial charge < -0.3 is 16.2 Å². The van der Waals surface area contributed by atoms with Crippen molar-refractivity contribution in [3.05, 3.63) is 16.1 Å². The molecule has 1 rings (SSSR count). The third kappa shape index (κ3) is 3.51. The molecular formula is C11H17N3O3S. The Kier molecular flexibility index (Phi) is 4.42. The molecule has 7 heteroatoms. The molecule has 1 aromatic heterocycles. The van der Waals surface area contributed by atoms with E-state index in [0.29, 0.717) is 5.01 Å². The van der Waals surface area contributed by atoms with Crippen LogP contribution in [-0.2, 0) is 11.3 Å². The number of aromatic nitrogens is 1. The second kappa shape index (κ2) is 5.45. The Bertz CT molecular complexity index is 451. The number of thiazole rings is 1. The number of nitrogens with one attached hydrogen (secondary N) is 1. The number of carboxylic acids is 1. The van der Waals surface area contributed by atoms with E-state index in [0.717, 1.165) is 0 Å². The molecule has 0 bridgehead atoms. The highest BCUT2D eigenvalue weighted by Crippen LogP contribution is 2.20. The van der Waals surface area contributed by atoms with Gasteiger partial charge in [-0.15, -0.1) is 11.3 Å². The van der Waals surface area contributed by atoms with Crippen molar-refractivity contribution in [3.63, 3.8) is 0 Å². The topological polar surface area (TPSA) is 105 Å². The van der Waals surface area contributed by atoms with E-state index in [4.69, 9.17) is 10.8 Å². The zero-order valence-electron chi connectivity index (χ0n) is 10.6. The smallest absolute Gasteiger partial charge is 0.326 e. The van der Waals surface area contributed by atoms with Crippen LogP contribution >= 0.6 is 11.3 Å². The van der Waals surface area contributed by atoms with Crippen LogP contribution in [0.25, 0.3) is 0 Å².